The molecule has 0 aromatic carbocycles. The number of ether oxygens (including phenoxy) is 1. The standard InChI is InChI=1S/C12H18N6O2/c1-4-19-12(2,3)11-14-10(20-16-11)9-7-18(17-15-9)8-5-13-6-8/h7-8,13H,4-6H2,1-3H3. The third kappa shape index (κ3) is 2.32. The van der Waals surface area contributed by atoms with Crippen LogP contribution in [0.1, 0.15) is 32.6 Å². The van der Waals surface area contributed by atoms with E-state index in [1.54, 1.807) is 0 Å². The Morgan fingerprint density at radius 1 is 1.50 bits per heavy atom. The maximum absolute atomic E-state index is 5.60. The molecule has 2 aromatic rings. The van der Waals surface area contributed by atoms with Crippen molar-refractivity contribution < 1.29 is 9.26 Å². The first kappa shape index (κ1) is 13.2. The molecular weight excluding hydrogens is 260 g/mol. The van der Waals surface area contributed by atoms with Gasteiger partial charge in [0.05, 0.1) is 12.2 Å². The number of nitrogens with zero attached hydrogens (tertiary/aromatic N) is 5. The van der Waals surface area contributed by atoms with Crippen LogP contribution >= 0.6 is 0 Å². The van der Waals surface area contributed by atoms with Crippen LogP contribution in [0.4, 0.5) is 0 Å². The number of hydrogen-bond acceptors (Lipinski definition) is 7. The lowest BCUT2D eigenvalue weighted by Crippen LogP contribution is -2.43. The molecule has 1 fully saturated rings. The summed E-state index contributed by atoms with van der Waals surface area (Å²) in [5, 5.41) is 15.3. The van der Waals surface area contributed by atoms with Crippen LogP contribution in [0, 0.1) is 0 Å². The average Bonchev–Trinajstić information content (AvgIpc) is 2.93. The topological polar surface area (TPSA) is 90.9 Å². The van der Waals surface area contributed by atoms with Crippen LogP contribution in [-0.2, 0) is 10.3 Å². The Kier molecular flexibility index (Phi) is 3.27. The Hall–Kier alpha value is -1.80. The van der Waals surface area contributed by atoms with Gasteiger partial charge in [0.15, 0.2) is 5.69 Å². The molecule has 1 saturated heterocycles. The van der Waals surface area contributed by atoms with E-state index in [9.17, 15) is 0 Å². The number of nitrogens with one attached hydrogen (secondary N) is 1. The van der Waals surface area contributed by atoms with Crippen LogP contribution in [0.5, 0.6) is 0 Å². The molecule has 0 bridgehead atoms. The summed E-state index contributed by atoms with van der Waals surface area (Å²) in [7, 11) is 0. The Bertz CT molecular complexity index is 586. The van der Waals surface area contributed by atoms with E-state index in [-0.39, 0.29) is 0 Å². The van der Waals surface area contributed by atoms with E-state index < -0.39 is 5.60 Å². The van der Waals surface area contributed by atoms with E-state index >= 15 is 0 Å². The van der Waals surface area contributed by atoms with E-state index in [4.69, 9.17) is 9.26 Å². The smallest absolute Gasteiger partial charge is 0.280 e. The molecule has 2 aromatic heterocycles. The molecule has 0 spiro atoms. The molecule has 3 heterocycles. The minimum Gasteiger partial charge on any atom is -0.368 e. The summed E-state index contributed by atoms with van der Waals surface area (Å²) in [4.78, 5) is 4.35. The molecule has 1 aliphatic rings. The predicted octanol–water partition coefficient (Wildman–Crippen LogP) is 0.744. The Balaban J connectivity index is 1.80. The summed E-state index contributed by atoms with van der Waals surface area (Å²) < 4.78 is 12.7. The number of rotatable bonds is 5. The molecule has 0 amide bonds. The Morgan fingerprint density at radius 3 is 2.95 bits per heavy atom. The zero-order chi connectivity index (χ0) is 14.2. The van der Waals surface area contributed by atoms with Gasteiger partial charge in [-0.2, -0.15) is 4.98 Å². The van der Waals surface area contributed by atoms with Crippen molar-refractivity contribution in [3.05, 3.63) is 12.0 Å². The van der Waals surface area contributed by atoms with Crippen molar-refractivity contribution >= 4 is 0 Å². The van der Waals surface area contributed by atoms with Crippen LogP contribution in [0.3, 0.4) is 0 Å². The van der Waals surface area contributed by atoms with Gasteiger partial charge in [-0.15, -0.1) is 5.10 Å². The van der Waals surface area contributed by atoms with Gasteiger partial charge >= 0.3 is 0 Å². The second-order valence-electron chi connectivity index (χ2n) is 5.26. The molecule has 0 saturated carbocycles. The summed E-state index contributed by atoms with van der Waals surface area (Å²) in [5.74, 6) is 0.875. The highest BCUT2D eigenvalue weighted by Crippen LogP contribution is 2.24. The largest absolute Gasteiger partial charge is 0.368 e. The summed E-state index contributed by atoms with van der Waals surface area (Å²) in [6, 6.07) is 0.360. The van der Waals surface area contributed by atoms with Gasteiger partial charge < -0.3 is 14.6 Å². The van der Waals surface area contributed by atoms with E-state index in [1.165, 1.54) is 0 Å². The minimum absolute atomic E-state index is 0.360. The van der Waals surface area contributed by atoms with E-state index in [1.807, 2.05) is 31.6 Å². The molecule has 20 heavy (non-hydrogen) atoms. The predicted molar refractivity (Wildman–Crippen MR) is 69.9 cm³/mol. The van der Waals surface area contributed by atoms with Crippen LogP contribution in [-0.4, -0.2) is 44.8 Å². The summed E-state index contributed by atoms with van der Waals surface area (Å²) in [5.41, 5.74) is 0.00708. The average molecular weight is 278 g/mol. The first-order valence-corrected chi connectivity index (χ1v) is 6.71. The van der Waals surface area contributed by atoms with Gasteiger partial charge in [-0.3, -0.25) is 0 Å². The minimum atomic E-state index is -0.579. The first-order valence-electron chi connectivity index (χ1n) is 6.71. The molecule has 1 N–H and O–H groups in total. The SMILES string of the molecule is CCOC(C)(C)c1noc(-c2cn(C3CNC3)nn2)n1. The molecule has 3 rings (SSSR count). The Labute approximate surface area is 116 Å². The number of hydrogen-bond donors (Lipinski definition) is 1. The fourth-order valence-electron chi connectivity index (χ4n) is 2.01. The molecule has 0 unspecified atom stereocenters. The van der Waals surface area contributed by atoms with Crippen LogP contribution < -0.4 is 5.32 Å². The molecule has 0 radical (unpaired) electrons. The highest BCUT2D eigenvalue weighted by atomic mass is 16.5. The van der Waals surface area contributed by atoms with Crippen molar-refractivity contribution in [2.75, 3.05) is 19.7 Å². The highest BCUT2D eigenvalue weighted by Gasteiger charge is 2.28. The zero-order valence-electron chi connectivity index (χ0n) is 11.8. The van der Waals surface area contributed by atoms with E-state index in [0.717, 1.165) is 13.1 Å². The normalized spacial score (nSPS) is 16.4. The maximum Gasteiger partial charge on any atom is 0.280 e. The zero-order valence-corrected chi connectivity index (χ0v) is 11.8. The van der Waals surface area contributed by atoms with Gasteiger partial charge in [-0.05, 0) is 20.8 Å². The van der Waals surface area contributed by atoms with Crippen LogP contribution in [0.25, 0.3) is 11.6 Å². The third-order valence-corrected chi connectivity index (χ3v) is 3.33. The van der Waals surface area contributed by atoms with Gasteiger partial charge in [0.25, 0.3) is 5.89 Å². The second kappa shape index (κ2) is 4.95. The quantitative estimate of drug-likeness (QED) is 0.862. The molecule has 8 nitrogen and oxygen atoms in total. The molecule has 8 heteroatoms. The van der Waals surface area contributed by atoms with Crippen molar-refractivity contribution in [3.63, 3.8) is 0 Å². The highest BCUT2D eigenvalue weighted by molar-refractivity contribution is 5.43. The molecule has 0 aliphatic carbocycles. The first-order chi connectivity index (χ1) is 9.60. The lowest BCUT2D eigenvalue weighted by molar-refractivity contribution is -0.0221. The van der Waals surface area contributed by atoms with Crippen molar-refractivity contribution in [3.8, 4) is 11.6 Å². The molecular formula is C12H18N6O2. The van der Waals surface area contributed by atoms with Gasteiger partial charge in [0.1, 0.15) is 5.60 Å². The second-order valence-corrected chi connectivity index (χ2v) is 5.26. The van der Waals surface area contributed by atoms with Gasteiger partial charge in [0, 0.05) is 19.7 Å². The fraction of sp³-hybridized carbons (Fsp3) is 0.667. The van der Waals surface area contributed by atoms with Gasteiger partial charge in [-0.1, -0.05) is 10.4 Å². The van der Waals surface area contributed by atoms with Crippen molar-refractivity contribution in [2.45, 2.75) is 32.4 Å². The van der Waals surface area contributed by atoms with E-state index in [2.05, 4.69) is 25.8 Å². The number of aromatic nitrogens is 5. The van der Waals surface area contributed by atoms with Crippen LogP contribution in [0.15, 0.2) is 10.7 Å². The third-order valence-electron chi connectivity index (χ3n) is 3.33. The van der Waals surface area contributed by atoms with Crippen molar-refractivity contribution in [2.24, 2.45) is 0 Å². The van der Waals surface area contributed by atoms with Gasteiger partial charge in [-0.25, -0.2) is 4.68 Å². The fourth-order valence-corrected chi connectivity index (χ4v) is 2.01. The summed E-state index contributed by atoms with van der Waals surface area (Å²) in [6.45, 7) is 8.15. The van der Waals surface area contributed by atoms with Gasteiger partial charge in [0.2, 0.25) is 5.82 Å². The molecule has 0 atom stereocenters. The monoisotopic (exact) mass is 278 g/mol. The van der Waals surface area contributed by atoms with E-state index in [0.29, 0.717) is 30.1 Å². The summed E-state index contributed by atoms with van der Waals surface area (Å²) in [6.07, 6.45) is 1.83. The lowest BCUT2D eigenvalue weighted by Gasteiger charge is -2.26. The Morgan fingerprint density at radius 2 is 2.30 bits per heavy atom. The molecule has 1 aliphatic heterocycles. The molecule has 108 valence electrons. The summed E-state index contributed by atoms with van der Waals surface area (Å²) >= 11 is 0. The lowest BCUT2D eigenvalue weighted by atomic mass is 10.1. The maximum atomic E-state index is 5.60. The van der Waals surface area contributed by atoms with Crippen LogP contribution in [0.2, 0.25) is 0 Å². The van der Waals surface area contributed by atoms with Crippen molar-refractivity contribution in [1.82, 2.24) is 30.5 Å². The van der Waals surface area contributed by atoms with Crippen molar-refractivity contribution in [1.29, 1.82) is 0 Å².